The first-order chi connectivity index (χ1) is 12.6. The van der Waals surface area contributed by atoms with Gasteiger partial charge in [-0.3, -0.25) is 9.59 Å². The van der Waals surface area contributed by atoms with Crippen molar-refractivity contribution < 1.29 is 9.59 Å². The number of benzene rings is 2. The molecular formula is C21H21N3O2. The molecule has 0 saturated heterocycles. The number of aryl methyl sites for hydroxylation is 2. The van der Waals surface area contributed by atoms with Gasteiger partial charge in [-0.1, -0.05) is 30.3 Å². The van der Waals surface area contributed by atoms with E-state index in [0.717, 1.165) is 24.1 Å². The Morgan fingerprint density at radius 1 is 1.04 bits per heavy atom. The number of anilines is 2. The lowest BCUT2D eigenvalue weighted by Crippen LogP contribution is -2.43. The molecule has 0 aromatic heterocycles. The Hall–Kier alpha value is -2.95. The van der Waals surface area contributed by atoms with Crippen LogP contribution in [0.2, 0.25) is 0 Å². The molecule has 4 rings (SSSR count). The summed E-state index contributed by atoms with van der Waals surface area (Å²) in [6.07, 6.45) is 2.61. The Kier molecular flexibility index (Phi) is 4.29. The average Bonchev–Trinajstić information content (AvgIpc) is 2.67. The fourth-order valence-electron chi connectivity index (χ4n) is 3.57. The van der Waals surface area contributed by atoms with E-state index < -0.39 is 0 Å². The minimum atomic E-state index is -0.0951. The van der Waals surface area contributed by atoms with Crippen molar-refractivity contribution in [2.45, 2.75) is 32.6 Å². The van der Waals surface area contributed by atoms with Crippen molar-refractivity contribution >= 4 is 28.9 Å². The third kappa shape index (κ3) is 3.01. The zero-order chi connectivity index (χ0) is 18.1. The van der Waals surface area contributed by atoms with Gasteiger partial charge < -0.3 is 4.90 Å². The van der Waals surface area contributed by atoms with Gasteiger partial charge in [0.1, 0.15) is 5.71 Å². The van der Waals surface area contributed by atoms with Crippen LogP contribution in [0.5, 0.6) is 0 Å². The van der Waals surface area contributed by atoms with Crippen LogP contribution >= 0.6 is 0 Å². The first-order valence-corrected chi connectivity index (χ1v) is 9.00. The van der Waals surface area contributed by atoms with Crippen LogP contribution in [0.1, 0.15) is 30.4 Å². The number of amides is 2. The van der Waals surface area contributed by atoms with E-state index in [1.54, 1.807) is 0 Å². The van der Waals surface area contributed by atoms with E-state index >= 15 is 0 Å². The van der Waals surface area contributed by atoms with Crippen molar-refractivity contribution in [2.24, 2.45) is 5.10 Å². The summed E-state index contributed by atoms with van der Waals surface area (Å²) >= 11 is 0. The summed E-state index contributed by atoms with van der Waals surface area (Å²) in [4.78, 5) is 27.3. The van der Waals surface area contributed by atoms with E-state index in [2.05, 4.69) is 11.2 Å². The fourth-order valence-corrected chi connectivity index (χ4v) is 3.57. The molecule has 0 fully saturated rings. The van der Waals surface area contributed by atoms with Crippen molar-refractivity contribution in [3.63, 3.8) is 0 Å². The molecule has 0 radical (unpaired) electrons. The molecule has 0 spiro atoms. The first kappa shape index (κ1) is 16.5. The van der Waals surface area contributed by atoms with Crippen LogP contribution in [-0.4, -0.2) is 24.1 Å². The normalized spacial score (nSPS) is 17.0. The van der Waals surface area contributed by atoms with Crippen LogP contribution in [0.25, 0.3) is 0 Å². The molecule has 5 nitrogen and oxygen atoms in total. The third-order valence-electron chi connectivity index (χ3n) is 4.88. The van der Waals surface area contributed by atoms with Gasteiger partial charge in [0, 0.05) is 25.1 Å². The smallest absolute Gasteiger partial charge is 0.274 e. The van der Waals surface area contributed by atoms with Crippen molar-refractivity contribution in [3.05, 3.63) is 59.7 Å². The highest BCUT2D eigenvalue weighted by Gasteiger charge is 2.30. The first-order valence-electron chi connectivity index (χ1n) is 9.00. The van der Waals surface area contributed by atoms with E-state index in [1.807, 2.05) is 54.3 Å². The number of rotatable bonds is 2. The van der Waals surface area contributed by atoms with Crippen molar-refractivity contribution in [3.8, 4) is 0 Å². The summed E-state index contributed by atoms with van der Waals surface area (Å²) in [6, 6.07) is 15.6. The van der Waals surface area contributed by atoms with Gasteiger partial charge in [-0.25, -0.2) is 5.01 Å². The Bertz CT molecular complexity index is 904. The Balaban J connectivity index is 1.66. The van der Waals surface area contributed by atoms with Gasteiger partial charge in [-0.15, -0.1) is 0 Å². The summed E-state index contributed by atoms with van der Waals surface area (Å²) in [6.45, 7) is 2.66. The minimum Gasteiger partial charge on any atom is -0.307 e. The number of para-hydroxylation sites is 1. The quantitative estimate of drug-likeness (QED) is 0.835. The lowest BCUT2D eigenvalue weighted by Gasteiger charge is -2.31. The standard InChI is InChI=1S/C21H21N3O2/c1-15-6-4-9-17(14-15)24-20(25)12-11-18(22-24)21(26)23-13-5-8-16-7-2-3-10-19(16)23/h2-4,6-7,9-10,14H,5,8,11-13H2,1H3. The van der Waals surface area contributed by atoms with Crippen molar-refractivity contribution in [1.82, 2.24) is 0 Å². The second-order valence-electron chi connectivity index (χ2n) is 6.78. The molecule has 0 bridgehead atoms. The molecule has 0 aliphatic carbocycles. The van der Waals surface area contributed by atoms with Crippen LogP contribution in [-0.2, 0) is 16.0 Å². The van der Waals surface area contributed by atoms with Crippen LogP contribution in [0, 0.1) is 6.92 Å². The fraction of sp³-hybridized carbons (Fsp3) is 0.286. The van der Waals surface area contributed by atoms with Gasteiger partial charge in [-0.05, 0) is 49.1 Å². The number of carbonyl (C=O) groups is 2. The van der Waals surface area contributed by atoms with E-state index in [9.17, 15) is 9.59 Å². The highest BCUT2D eigenvalue weighted by atomic mass is 16.2. The molecule has 0 unspecified atom stereocenters. The summed E-state index contributed by atoms with van der Waals surface area (Å²) < 4.78 is 0. The van der Waals surface area contributed by atoms with Gasteiger partial charge in [0.05, 0.1) is 5.69 Å². The monoisotopic (exact) mass is 347 g/mol. The Labute approximate surface area is 152 Å². The molecule has 26 heavy (non-hydrogen) atoms. The zero-order valence-electron chi connectivity index (χ0n) is 14.8. The lowest BCUT2D eigenvalue weighted by atomic mass is 10.0. The lowest BCUT2D eigenvalue weighted by molar-refractivity contribution is -0.118. The average molecular weight is 347 g/mol. The summed E-state index contributed by atoms with van der Waals surface area (Å²) in [5.74, 6) is -0.173. The maximum absolute atomic E-state index is 13.1. The molecule has 0 atom stereocenters. The van der Waals surface area contributed by atoms with Gasteiger partial charge >= 0.3 is 0 Å². The second kappa shape index (κ2) is 6.75. The third-order valence-corrected chi connectivity index (χ3v) is 4.88. The number of hydrogen-bond acceptors (Lipinski definition) is 3. The number of carbonyl (C=O) groups excluding carboxylic acids is 2. The van der Waals surface area contributed by atoms with Gasteiger partial charge in [0.15, 0.2) is 0 Å². The van der Waals surface area contributed by atoms with Crippen LogP contribution in [0.4, 0.5) is 11.4 Å². The predicted molar refractivity (Wildman–Crippen MR) is 102 cm³/mol. The molecule has 132 valence electrons. The molecule has 0 saturated carbocycles. The van der Waals surface area contributed by atoms with E-state index in [4.69, 9.17) is 0 Å². The van der Waals surface area contributed by atoms with Crippen LogP contribution in [0.15, 0.2) is 53.6 Å². The van der Waals surface area contributed by atoms with E-state index in [1.165, 1.54) is 10.6 Å². The number of fused-ring (bicyclic) bond motifs is 1. The summed E-state index contributed by atoms with van der Waals surface area (Å²) in [5.41, 5.74) is 4.36. The highest BCUT2D eigenvalue weighted by molar-refractivity contribution is 6.44. The largest absolute Gasteiger partial charge is 0.307 e. The zero-order valence-corrected chi connectivity index (χ0v) is 14.8. The maximum Gasteiger partial charge on any atom is 0.274 e. The van der Waals surface area contributed by atoms with E-state index in [0.29, 0.717) is 30.8 Å². The highest BCUT2D eigenvalue weighted by Crippen LogP contribution is 2.28. The van der Waals surface area contributed by atoms with E-state index in [-0.39, 0.29) is 11.8 Å². The number of hydrogen-bond donors (Lipinski definition) is 0. The molecule has 2 aromatic carbocycles. The van der Waals surface area contributed by atoms with Crippen molar-refractivity contribution in [1.29, 1.82) is 0 Å². The van der Waals surface area contributed by atoms with Gasteiger partial charge in [-0.2, -0.15) is 5.10 Å². The molecule has 2 amide bonds. The molecule has 5 heteroatoms. The Morgan fingerprint density at radius 2 is 1.88 bits per heavy atom. The van der Waals surface area contributed by atoms with Crippen LogP contribution in [0.3, 0.4) is 0 Å². The minimum absolute atomic E-state index is 0.0776. The molecule has 2 aliphatic heterocycles. The summed E-state index contributed by atoms with van der Waals surface area (Å²) in [5, 5.41) is 5.81. The molecule has 0 N–H and O–H groups in total. The topological polar surface area (TPSA) is 53.0 Å². The predicted octanol–water partition coefficient (Wildman–Crippen LogP) is 3.46. The second-order valence-corrected chi connectivity index (χ2v) is 6.78. The SMILES string of the molecule is Cc1cccc(N2N=C(C(=O)N3CCCc4ccccc43)CCC2=O)c1. The van der Waals surface area contributed by atoms with Gasteiger partial charge in [0.2, 0.25) is 5.91 Å². The molecule has 2 aliphatic rings. The summed E-state index contributed by atoms with van der Waals surface area (Å²) in [7, 11) is 0. The number of hydrazone groups is 1. The molecule has 2 heterocycles. The van der Waals surface area contributed by atoms with Crippen molar-refractivity contribution in [2.75, 3.05) is 16.5 Å². The molecule has 2 aromatic rings. The maximum atomic E-state index is 13.1. The van der Waals surface area contributed by atoms with Gasteiger partial charge in [0.25, 0.3) is 5.91 Å². The number of nitrogens with zero attached hydrogens (tertiary/aromatic N) is 3. The Morgan fingerprint density at radius 3 is 2.73 bits per heavy atom. The molecular weight excluding hydrogens is 326 g/mol. The van der Waals surface area contributed by atoms with Crippen LogP contribution < -0.4 is 9.91 Å².